The number of pyridine rings is 1. The van der Waals surface area contributed by atoms with Crippen LogP contribution >= 0.6 is 18.5 Å². The fourth-order valence-electron chi connectivity index (χ4n) is 8.42. The molecule has 9 aromatic rings. The molecule has 0 saturated heterocycles. The molecule has 1 aliphatic rings. The SMILES string of the molecule is CC1(C)c2ccccc2-c2ccc(-n3c(=O)c(C(=O)C(F)(F)F)c(O)c4ccc5c6ccccc6sc5c43)cc21.O=P(c1ccccc1)(c1ccccc1)c1ccccc1.[Eu]. The number of carbonyl (C=O) groups is 1. The number of hydrogen-bond donors (Lipinski definition) is 1. The average molecular weight is 986 g/mol. The summed E-state index contributed by atoms with van der Waals surface area (Å²) in [6.07, 6.45) is -5.34. The van der Waals surface area contributed by atoms with Crippen LogP contribution in [0.5, 0.6) is 5.75 Å². The molecule has 0 spiro atoms. The second kappa shape index (κ2) is 16.4. The van der Waals surface area contributed by atoms with Crippen LogP contribution in [-0.4, -0.2) is 21.6 Å². The quantitative estimate of drug-likeness (QED) is 0.138. The van der Waals surface area contributed by atoms with E-state index in [0.717, 1.165) is 58.2 Å². The Bertz CT molecular complexity index is 3150. The summed E-state index contributed by atoms with van der Waals surface area (Å²) in [5, 5.41) is 15.3. The molecule has 11 heteroatoms. The van der Waals surface area contributed by atoms with E-state index in [1.54, 1.807) is 18.2 Å². The smallest absolute Gasteiger partial charge is 0.455 e. The maximum atomic E-state index is 13.9. The Morgan fingerprint density at radius 3 is 1.74 bits per heavy atom. The minimum absolute atomic E-state index is 0. The van der Waals surface area contributed by atoms with Gasteiger partial charge in [0.1, 0.15) is 11.3 Å². The number of hydrogen-bond acceptors (Lipinski definition) is 5. The maximum absolute atomic E-state index is 13.9. The van der Waals surface area contributed by atoms with Crippen molar-refractivity contribution in [2.24, 2.45) is 0 Å². The molecule has 61 heavy (non-hydrogen) atoms. The third kappa shape index (κ3) is 7.16. The van der Waals surface area contributed by atoms with E-state index in [-0.39, 0.29) is 60.3 Å². The fourth-order valence-corrected chi connectivity index (χ4v) is 12.3. The molecule has 10 rings (SSSR count). The zero-order valence-corrected chi connectivity index (χ0v) is 36.8. The molecule has 0 fully saturated rings. The number of nitrogens with zero attached hydrogens (tertiary/aromatic N) is 1. The van der Waals surface area contributed by atoms with Crippen LogP contribution < -0.4 is 21.5 Å². The molecule has 5 nitrogen and oxygen atoms in total. The minimum atomic E-state index is -5.34. The van der Waals surface area contributed by atoms with E-state index in [2.05, 4.69) is 13.8 Å². The number of aromatic nitrogens is 1. The van der Waals surface area contributed by atoms with Crippen LogP contribution in [0.3, 0.4) is 0 Å². The van der Waals surface area contributed by atoms with Crippen molar-refractivity contribution >= 4 is 71.3 Å². The number of carbonyl (C=O) groups excluding carboxylic acids is 1. The van der Waals surface area contributed by atoms with Gasteiger partial charge in [-0.05, 0) is 46.5 Å². The number of aromatic hydroxyl groups is 1. The third-order valence-electron chi connectivity index (χ3n) is 11.3. The molecule has 2 aromatic heterocycles. The Morgan fingerprint density at radius 1 is 0.639 bits per heavy atom. The van der Waals surface area contributed by atoms with Gasteiger partial charge in [-0.25, -0.2) is 0 Å². The van der Waals surface area contributed by atoms with Gasteiger partial charge in [-0.2, -0.15) is 13.2 Å². The summed E-state index contributed by atoms with van der Waals surface area (Å²) >= 11 is 1.37. The molecule has 1 radical (unpaired) electrons. The summed E-state index contributed by atoms with van der Waals surface area (Å²) < 4.78 is 57.5. The van der Waals surface area contributed by atoms with Gasteiger partial charge in [-0.1, -0.05) is 159 Å². The van der Waals surface area contributed by atoms with Crippen molar-refractivity contribution in [3.05, 3.63) is 197 Å². The summed E-state index contributed by atoms with van der Waals surface area (Å²) in [5.74, 6) is -3.34. The molecule has 0 aliphatic heterocycles. The van der Waals surface area contributed by atoms with Crippen LogP contribution in [0.1, 0.15) is 35.3 Å². The van der Waals surface area contributed by atoms with Crippen molar-refractivity contribution in [2.75, 3.05) is 0 Å². The molecule has 2 heterocycles. The average Bonchev–Trinajstić information content (AvgIpc) is 3.76. The second-order valence-corrected chi connectivity index (χ2v) is 19.0. The first-order chi connectivity index (χ1) is 28.8. The molecule has 7 aromatic carbocycles. The number of ketones is 1. The van der Waals surface area contributed by atoms with Crippen molar-refractivity contribution < 1.29 is 77.0 Å². The van der Waals surface area contributed by atoms with Gasteiger partial charge < -0.3 is 9.67 Å². The Morgan fingerprint density at radius 2 is 1.15 bits per heavy atom. The van der Waals surface area contributed by atoms with Crippen molar-refractivity contribution in [2.45, 2.75) is 25.4 Å². The molecular weight excluding hydrogens is 951 g/mol. The number of thiophene rings is 1. The maximum Gasteiger partial charge on any atom is 0.455 e. The van der Waals surface area contributed by atoms with E-state index in [0.29, 0.717) is 10.4 Å². The van der Waals surface area contributed by atoms with Crippen LogP contribution in [0.4, 0.5) is 13.2 Å². The van der Waals surface area contributed by atoms with E-state index in [9.17, 15) is 32.4 Å². The van der Waals surface area contributed by atoms with E-state index in [1.807, 2.05) is 146 Å². The Hall–Kier alpha value is -4.96. The van der Waals surface area contributed by atoms with Gasteiger partial charge in [0.25, 0.3) is 11.3 Å². The minimum Gasteiger partial charge on any atom is -0.506 e. The molecule has 0 amide bonds. The van der Waals surface area contributed by atoms with E-state index < -0.39 is 41.4 Å². The Balaban J connectivity index is 0.000000206. The van der Waals surface area contributed by atoms with Gasteiger partial charge in [0, 0.05) is 97.3 Å². The molecule has 0 unspecified atom stereocenters. The predicted octanol–water partition coefficient (Wildman–Crippen LogP) is 11.4. The molecule has 0 saturated carbocycles. The number of halogens is 3. The van der Waals surface area contributed by atoms with Crippen molar-refractivity contribution in [3.63, 3.8) is 0 Å². The normalized spacial score (nSPS) is 12.9. The number of alkyl halides is 3. The van der Waals surface area contributed by atoms with Crippen molar-refractivity contribution in [1.82, 2.24) is 4.57 Å². The van der Waals surface area contributed by atoms with Gasteiger partial charge in [-0.15, -0.1) is 11.3 Å². The van der Waals surface area contributed by atoms with Crippen LogP contribution in [-0.2, 0) is 9.98 Å². The summed E-state index contributed by atoms with van der Waals surface area (Å²) in [7, 11) is -2.78. The van der Waals surface area contributed by atoms with Crippen LogP contribution in [0.15, 0.2) is 175 Å². The van der Waals surface area contributed by atoms with Crippen molar-refractivity contribution in [3.8, 4) is 22.6 Å². The summed E-state index contributed by atoms with van der Waals surface area (Å²) in [5.41, 5.74) is 1.67. The van der Waals surface area contributed by atoms with Gasteiger partial charge >= 0.3 is 6.18 Å². The second-order valence-electron chi connectivity index (χ2n) is 15.1. The first-order valence-corrected chi connectivity index (χ1v) is 21.7. The molecule has 1 N–H and O–H groups in total. The van der Waals surface area contributed by atoms with Crippen LogP contribution in [0, 0.1) is 49.4 Å². The summed E-state index contributed by atoms with van der Waals surface area (Å²) in [4.78, 5) is 26.4. The van der Waals surface area contributed by atoms with E-state index >= 15 is 0 Å². The Labute approximate surface area is 394 Å². The number of benzene rings is 7. The Kier molecular flexibility index (Phi) is 11.5. The largest absolute Gasteiger partial charge is 0.506 e. The predicted molar refractivity (Wildman–Crippen MR) is 238 cm³/mol. The zero-order chi connectivity index (χ0) is 42.0. The standard InChI is InChI=1S/C32H20F3NO3S.C18H15OP.Eu/c1-31(2)22-9-5-3-7-17(22)18-12-11-16(15-23(18)31)36-26-21(27(37)25(30(36)39)29(38)32(33,34)35)14-13-20-19-8-4-6-10-24(19)40-28(20)26;19-20(16-10-4-1-5-11-16,17-12-6-2-7-13-17)18-14-8-3-9-15-18;/h3-15,37H,1-2H3;1-15H;. The zero-order valence-electron chi connectivity index (χ0n) is 32.7. The number of rotatable bonds is 5. The molecule has 0 bridgehead atoms. The van der Waals surface area contributed by atoms with E-state index in [1.165, 1.54) is 17.4 Å². The van der Waals surface area contributed by atoms with Gasteiger partial charge in [0.15, 0.2) is 7.14 Å². The van der Waals surface area contributed by atoms with Crippen LogP contribution in [0.2, 0.25) is 0 Å². The van der Waals surface area contributed by atoms with E-state index in [4.69, 9.17) is 0 Å². The molecule has 303 valence electrons. The topological polar surface area (TPSA) is 76.4 Å². The summed E-state index contributed by atoms with van der Waals surface area (Å²) in [6, 6.07) is 53.3. The summed E-state index contributed by atoms with van der Waals surface area (Å²) in [6.45, 7) is 4.11. The fraction of sp³-hybridized carbons (Fsp3) is 0.0800. The molecular formula is C50H35EuF3NO4PS. The monoisotopic (exact) mass is 986 g/mol. The first-order valence-electron chi connectivity index (χ1n) is 19.2. The number of fused-ring (bicyclic) bond motifs is 8. The number of Topliss-reactive ketones (excluding diaryl/α,β-unsaturated/α-hetero) is 1. The first kappa shape index (κ1) is 42.7. The van der Waals surface area contributed by atoms with Crippen LogP contribution in [0.25, 0.3) is 47.9 Å². The van der Waals surface area contributed by atoms with Gasteiger partial charge in [-0.3, -0.25) is 14.2 Å². The van der Waals surface area contributed by atoms with Gasteiger partial charge in [0.05, 0.1) is 10.2 Å². The molecule has 0 atom stereocenters. The molecule has 1 aliphatic carbocycles. The van der Waals surface area contributed by atoms with Gasteiger partial charge in [0.2, 0.25) is 0 Å². The third-order valence-corrected chi connectivity index (χ3v) is 15.6. The van der Waals surface area contributed by atoms with Crippen molar-refractivity contribution in [1.29, 1.82) is 0 Å².